The van der Waals surface area contributed by atoms with Crippen molar-refractivity contribution in [2.24, 2.45) is 5.92 Å². The van der Waals surface area contributed by atoms with E-state index in [2.05, 4.69) is 4.84 Å². The van der Waals surface area contributed by atoms with Gasteiger partial charge in [-0.2, -0.15) is 0 Å². The van der Waals surface area contributed by atoms with Crippen LogP contribution in [0.4, 0.5) is 0 Å². The molecule has 0 aromatic heterocycles. The van der Waals surface area contributed by atoms with Gasteiger partial charge in [-0.1, -0.05) is 0 Å². The number of methoxy groups -OCH3 is 1. The third kappa shape index (κ3) is 2.55. The molecule has 0 aliphatic heterocycles. The second kappa shape index (κ2) is 5.11. The average molecular weight is 205 g/mol. The number of hydrogen-bond donors (Lipinski definition) is 1. The smallest absolute Gasteiger partial charge is 0.294 e. The molecular formula is C8H15NO5. The number of nitrogens with zero attached hydrogens (tertiary/aromatic N) is 1. The predicted octanol–water partition coefficient (Wildman–Crippen LogP) is 0.371. The summed E-state index contributed by atoms with van der Waals surface area (Å²) in [6.07, 6.45) is 1.33. The molecule has 1 rings (SSSR count). The highest BCUT2D eigenvalue weighted by Crippen LogP contribution is 2.32. The summed E-state index contributed by atoms with van der Waals surface area (Å²) >= 11 is 0. The Balaban J connectivity index is 2.55. The zero-order valence-corrected chi connectivity index (χ0v) is 8.09. The molecule has 1 aliphatic carbocycles. The van der Waals surface area contributed by atoms with Gasteiger partial charge in [0.1, 0.15) is 6.10 Å². The van der Waals surface area contributed by atoms with Gasteiger partial charge in [0, 0.05) is 13.7 Å². The number of rotatable bonds is 5. The summed E-state index contributed by atoms with van der Waals surface area (Å²) in [5, 5.41) is 18.2. The molecule has 6 nitrogen and oxygen atoms in total. The van der Waals surface area contributed by atoms with Gasteiger partial charge < -0.3 is 14.7 Å². The van der Waals surface area contributed by atoms with Crippen LogP contribution in [0.25, 0.3) is 0 Å². The minimum Gasteiger partial charge on any atom is -0.396 e. The van der Waals surface area contributed by atoms with E-state index in [0.717, 1.165) is 12.8 Å². The SMILES string of the molecule is COC1CCC(CCO)C1O[N+](=O)[O-]. The Hall–Kier alpha value is -0.880. The van der Waals surface area contributed by atoms with Crippen LogP contribution in [0.2, 0.25) is 0 Å². The summed E-state index contributed by atoms with van der Waals surface area (Å²) in [5.74, 6) is 0.0235. The molecule has 0 amide bonds. The van der Waals surface area contributed by atoms with Gasteiger partial charge in [-0.05, 0) is 25.2 Å². The highest BCUT2D eigenvalue weighted by Gasteiger charge is 2.38. The fraction of sp³-hybridized carbons (Fsp3) is 1.00. The van der Waals surface area contributed by atoms with Crippen molar-refractivity contribution in [3.63, 3.8) is 0 Å². The first-order valence-corrected chi connectivity index (χ1v) is 4.64. The zero-order valence-electron chi connectivity index (χ0n) is 8.09. The van der Waals surface area contributed by atoms with Crippen LogP contribution in [-0.2, 0) is 9.57 Å². The molecule has 0 spiro atoms. The fourth-order valence-electron chi connectivity index (χ4n) is 1.99. The Labute approximate surface area is 81.9 Å². The van der Waals surface area contributed by atoms with Crippen molar-refractivity contribution in [1.29, 1.82) is 0 Å². The molecule has 6 heteroatoms. The Bertz CT molecular complexity index is 198. The molecule has 0 aromatic carbocycles. The van der Waals surface area contributed by atoms with E-state index in [-0.39, 0.29) is 18.6 Å². The number of ether oxygens (including phenoxy) is 1. The van der Waals surface area contributed by atoms with Crippen LogP contribution in [0, 0.1) is 16.0 Å². The summed E-state index contributed by atoms with van der Waals surface area (Å²) in [4.78, 5) is 14.8. The van der Waals surface area contributed by atoms with E-state index in [4.69, 9.17) is 9.84 Å². The summed E-state index contributed by atoms with van der Waals surface area (Å²) in [6, 6.07) is 0. The lowest BCUT2D eigenvalue weighted by Crippen LogP contribution is -2.32. The number of aliphatic hydroxyl groups excluding tert-OH is 1. The molecule has 1 N–H and O–H groups in total. The van der Waals surface area contributed by atoms with Crippen LogP contribution >= 0.6 is 0 Å². The second-order valence-electron chi connectivity index (χ2n) is 3.42. The van der Waals surface area contributed by atoms with Crippen LogP contribution in [0.1, 0.15) is 19.3 Å². The minimum absolute atomic E-state index is 0.0235. The van der Waals surface area contributed by atoms with Gasteiger partial charge in [0.2, 0.25) is 0 Å². The molecule has 3 unspecified atom stereocenters. The summed E-state index contributed by atoms with van der Waals surface area (Å²) in [5.41, 5.74) is 0. The first-order chi connectivity index (χ1) is 6.69. The van der Waals surface area contributed by atoms with E-state index < -0.39 is 11.2 Å². The number of aliphatic hydroxyl groups is 1. The average Bonchev–Trinajstić information content (AvgIpc) is 2.48. The molecule has 0 heterocycles. The van der Waals surface area contributed by atoms with E-state index in [9.17, 15) is 10.1 Å². The Kier molecular flexibility index (Phi) is 4.09. The second-order valence-corrected chi connectivity index (χ2v) is 3.42. The fourth-order valence-corrected chi connectivity index (χ4v) is 1.99. The molecule has 0 aromatic rings. The topological polar surface area (TPSA) is 81.8 Å². The molecule has 82 valence electrons. The van der Waals surface area contributed by atoms with Crippen molar-refractivity contribution in [2.75, 3.05) is 13.7 Å². The lowest BCUT2D eigenvalue weighted by atomic mass is 10.0. The summed E-state index contributed by atoms with van der Waals surface area (Å²) in [6.45, 7) is 0.0265. The quantitative estimate of drug-likeness (QED) is 0.518. The Morgan fingerprint density at radius 3 is 2.79 bits per heavy atom. The van der Waals surface area contributed by atoms with Crippen molar-refractivity contribution in [3.05, 3.63) is 10.1 Å². The van der Waals surface area contributed by atoms with Gasteiger partial charge in [-0.15, -0.1) is 10.1 Å². The van der Waals surface area contributed by atoms with Crippen LogP contribution in [0.15, 0.2) is 0 Å². The molecule has 1 aliphatic rings. The van der Waals surface area contributed by atoms with Gasteiger partial charge >= 0.3 is 0 Å². The Morgan fingerprint density at radius 1 is 1.57 bits per heavy atom. The normalized spacial score (nSPS) is 31.7. The summed E-state index contributed by atoms with van der Waals surface area (Å²) < 4.78 is 5.09. The van der Waals surface area contributed by atoms with Crippen LogP contribution in [-0.4, -0.2) is 36.1 Å². The van der Waals surface area contributed by atoms with E-state index in [0.29, 0.717) is 6.42 Å². The van der Waals surface area contributed by atoms with Crippen molar-refractivity contribution in [3.8, 4) is 0 Å². The number of hydrogen-bond acceptors (Lipinski definition) is 5. The standard InChI is InChI=1S/C8H15NO5/c1-13-7-3-2-6(4-5-10)8(7)14-9(11)12/h6-8,10H,2-5H2,1H3. The van der Waals surface area contributed by atoms with Gasteiger partial charge in [-0.25, -0.2) is 0 Å². The van der Waals surface area contributed by atoms with Gasteiger partial charge in [0.25, 0.3) is 5.09 Å². The highest BCUT2D eigenvalue weighted by atomic mass is 17.0. The summed E-state index contributed by atoms with van der Waals surface area (Å²) in [7, 11) is 1.52. The van der Waals surface area contributed by atoms with Crippen LogP contribution in [0.3, 0.4) is 0 Å². The van der Waals surface area contributed by atoms with E-state index in [1.54, 1.807) is 0 Å². The third-order valence-electron chi connectivity index (χ3n) is 2.66. The van der Waals surface area contributed by atoms with Crippen molar-refractivity contribution < 1.29 is 19.8 Å². The van der Waals surface area contributed by atoms with Gasteiger partial charge in [0.05, 0.1) is 6.10 Å². The largest absolute Gasteiger partial charge is 0.396 e. The van der Waals surface area contributed by atoms with Gasteiger partial charge in [-0.3, -0.25) is 0 Å². The van der Waals surface area contributed by atoms with Crippen molar-refractivity contribution >= 4 is 0 Å². The first kappa shape index (κ1) is 11.2. The van der Waals surface area contributed by atoms with E-state index >= 15 is 0 Å². The molecular weight excluding hydrogens is 190 g/mol. The lowest BCUT2D eigenvalue weighted by molar-refractivity contribution is -0.771. The monoisotopic (exact) mass is 205 g/mol. The Morgan fingerprint density at radius 2 is 2.29 bits per heavy atom. The van der Waals surface area contributed by atoms with Gasteiger partial charge in [0.15, 0.2) is 0 Å². The molecule has 3 atom stereocenters. The molecule has 1 fully saturated rings. The molecule has 0 bridgehead atoms. The third-order valence-corrected chi connectivity index (χ3v) is 2.66. The van der Waals surface area contributed by atoms with Crippen molar-refractivity contribution in [1.82, 2.24) is 0 Å². The molecule has 14 heavy (non-hydrogen) atoms. The van der Waals surface area contributed by atoms with E-state index in [1.807, 2.05) is 0 Å². The zero-order chi connectivity index (χ0) is 10.6. The molecule has 0 saturated heterocycles. The van der Waals surface area contributed by atoms with Crippen molar-refractivity contribution in [2.45, 2.75) is 31.5 Å². The maximum Gasteiger partial charge on any atom is 0.294 e. The highest BCUT2D eigenvalue weighted by molar-refractivity contribution is 4.85. The predicted molar refractivity (Wildman–Crippen MR) is 47.1 cm³/mol. The minimum atomic E-state index is -0.785. The maximum absolute atomic E-state index is 10.2. The molecule has 1 saturated carbocycles. The van der Waals surface area contributed by atoms with E-state index in [1.165, 1.54) is 7.11 Å². The van der Waals surface area contributed by atoms with Crippen LogP contribution in [0.5, 0.6) is 0 Å². The first-order valence-electron chi connectivity index (χ1n) is 4.64. The maximum atomic E-state index is 10.2. The van der Waals surface area contributed by atoms with Crippen LogP contribution < -0.4 is 0 Å². The molecule has 0 radical (unpaired) electrons. The lowest BCUT2D eigenvalue weighted by Gasteiger charge is -2.21.